The van der Waals surface area contributed by atoms with Gasteiger partial charge in [0, 0.05) is 23.8 Å². The molecule has 0 spiro atoms. The molecule has 1 aromatic rings. The summed E-state index contributed by atoms with van der Waals surface area (Å²) in [6.07, 6.45) is 3.35. The van der Waals surface area contributed by atoms with Gasteiger partial charge in [0.25, 0.3) is 0 Å². The quantitative estimate of drug-likeness (QED) is 0.873. The Labute approximate surface area is 131 Å². The maximum Gasteiger partial charge on any atom is 0.321 e. The smallest absolute Gasteiger partial charge is 0.321 e. The number of hydrogen-bond acceptors (Lipinski definition) is 2. The van der Waals surface area contributed by atoms with Crippen LogP contribution >= 0.6 is 11.6 Å². The van der Waals surface area contributed by atoms with E-state index in [0.29, 0.717) is 10.9 Å². The Morgan fingerprint density at radius 1 is 1.52 bits per heavy atom. The number of halogens is 1. The number of nitrogens with one attached hydrogen (secondary N) is 2. The molecule has 0 aromatic heterocycles. The maximum atomic E-state index is 12.4. The van der Waals surface area contributed by atoms with Crippen LogP contribution in [-0.4, -0.2) is 37.1 Å². The molecule has 4 nitrogen and oxygen atoms in total. The van der Waals surface area contributed by atoms with Crippen LogP contribution in [0.2, 0.25) is 5.02 Å². The standard InChI is InChI=1S/C16H24ClN3O/c1-2-9-20(12-13-5-4-8-18-11-13)16(21)19-15-7-3-6-14(17)10-15/h3,6-7,10,13,18H,2,4-5,8-9,11-12H2,1H3,(H,19,21). The fourth-order valence-electron chi connectivity index (χ4n) is 2.71. The first-order chi connectivity index (χ1) is 10.2. The van der Waals surface area contributed by atoms with Crippen LogP contribution in [0.1, 0.15) is 26.2 Å². The van der Waals surface area contributed by atoms with Crippen LogP contribution < -0.4 is 10.6 Å². The Bertz CT molecular complexity index is 461. The molecule has 1 saturated heterocycles. The summed E-state index contributed by atoms with van der Waals surface area (Å²) >= 11 is 5.95. The van der Waals surface area contributed by atoms with E-state index in [1.807, 2.05) is 17.0 Å². The lowest BCUT2D eigenvalue weighted by atomic mass is 9.99. The van der Waals surface area contributed by atoms with E-state index in [9.17, 15) is 4.79 Å². The molecular weight excluding hydrogens is 286 g/mol. The number of rotatable bonds is 5. The second-order valence-electron chi connectivity index (χ2n) is 5.60. The fraction of sp³-hybridized carbons (Fsp3) is 0.562. The Hall–Kier alpha value is -1.26. The molecule has 5 heteroatoms. The monoisotopic (exact) mass is 309 g/mol. The first-order valence-corrected chi connectivity index (χ1v) is 8.09. The zero-order valence-corrected chi connectivity index (χ0v) is 13.3. The summed E-state index contributed by atoms with van der Waals surface area (Å²) in [7, 11) is 0. The van der Waals surface area contributed by atoms with Crippen LogP contribution in [0.15, 0.2) is 24.3 Å². The van der Waals surface area contributed by atoms with E-state index in [0.717, 1.165) is 38.3 Å². The van der Waals surface area contributed by atoms with Crippen LogP contribution in [0.3, 0.4) is 0 Å². The average molecular weight is 310 g/mol. The van der Waals surface area contributed by atoms with E-state index in [4.69, 9.17) is 11.6 Å². The van der Waals surface area contributed by atoms with Crippen LogP contribution in [0, 0.1) is 5.92 Å². The van der Waals surface area contributed by atoms with Gasteiger partial charge < -0.3 is 15.5 Å². The number of carbonyl (C=O) groups is 1. The number of amides is 2. The molecule has 1 aromatic carbocycles. The van der Waals surface area contributed by atoms with E-state index < -0.39 is 0 Å². The molecule has 116 valence electrons. The molecule has 0 aliphatic carbocycles. The van der Waals surface area contributed by atoms with E-state index in [1.54, 1.807) is 12.1 Å². The van der Waals surface area contributed by atoms with Crippen LogP contribution in [-0.2, 0) is 0 Å². The van der Waals surface area contributed by atoms with Crippen LogP contribution in [0.25, 0.3) is 0 Å². The van der Waals surface area contributed by atoms with Crippen molar-refractivity contribution >= 4 is 23.3 Å². The van der Waals surface area contributed by atoms with Crippen molar-refractivity contribution in [3.05, 3.63) is 29.3 Å². The Morgan fingerprint density at radius 3 is 3.05 bits per heavy atom. The summed E-state index contributed by atoms with van der Waals surface area (Å²) < 4.78 is 0. The number of benzene rings is 1. The van der Waals surface area contributed by atoms with Gasteiger partial charge in [-0.15, -0.1) is 0 Å². The zero-order chi connectivity index (χ0) is 15.1. The minimum atomic E-state index is -0.0373. The first-order valence-electron chi connectivity index (χ1n) is 7.71. The molecule has 1 atom stereocenters. The molecule has 1 unspecified atom stereocenters. The molecule has 21 heavy (non-hydrogen) atoms. The summed E-state index contributed by atoms with van der Waals surface area (Å²) in [6, 6.07) is 7.23. The van der Waals surface area contributed by atoms with Gasteiger partial charge in [0.2, 0.25) is 0 Å². The average Bonchev–Trinajstić information content (AvgIpc) is 2.48. The number of piperidine rings is 1. The van der Waals surface area contributed by atoms with Crippen molar-refractivity contribution in [2.24, 2.45) is 5.92 Å². The molecular formula is C16H24ClN3O. The number of carbonyl (C=O) groups excluding carboxylic acids is 1. The van der Waals surface area contributed by atoms with E-state index in [-0.39, 0.29) is 6.03 Å². The largest absolute Gasteiger partial charge is 0.324 e. The highest BCUT2D eigenvalue weighted by molar-refractivity contribution is 6.30. The van der Waals surface area contributed by atoms with Gasteiger partial charge in [-0.3, -0.25) is 0 Å². The Kier molecular flexibility index (Phi) is 6.33. The number of nitrogens with zero attached hydrogens (tertiary/aromatic N) is 1. The van der Waals surface area contributed by atoms with Crippen molar-refractivity contribution in [1.29, 1.82) is 0 Å². The summed E-state index contributed by atoms with van der Waals surface area (Å²) in [4.78, 5) is 14.4. The highest BCUT2D eigenvalue weighted by atomic mass is 35.5. The van der Waals surface area contributed by atoms with Gasteiger partial charge >= 0.3 is 6.03 Å². The summed E-state index contributed by atoms with van der Waals surface area (Å²) in [5.41, 5.74) is 0.746. The molecule has 1 heterocycles. The SMILES string of the molecule is CCCN(CC1CCCNC1)C(=O)Nc1cccc(Cl)c1. The maximum absolute atomic E-state index is 12.4. The van der Waals surface area contributed by atoms with Gasteiger partial charge in [0.15, 0.2) is 0 Å². The highest BCUT2D eigenvalue weighted by Gasteiger charge is 2.20. The molecule has 0 saturated carbocycles. The lowest BCUT2D eigenvalue weighted by Crippen LogP contribution is -2.43. The van der Waals surface area contributed by atoms with Gasteiger partial charge in [0.05, 0.1) is 0 Å². The van der Waals surface area contributed by atoms with Gasteiger partial charge in [-0.2, -0.15) is 0 Å². The van der Waals surface area contributed by atoms with Crippen molar-refractivity contribution in [3.8, 4) is 0 Å². The van der Waals surface area contributed by atoms with Crippen molar-refractivity contribution in [3.63, 3.8) is 0 Å². The van der Waals surface area contributed by atoms with Crippen molar-refractivity contribution in [2.45, 2.75) is 26.2 Å². The third-order valence-electron chi connectivity index (χ3n) is 3.73. The lowest BCUT2D eigenvalue weighted by molar-refractivity contribution is 0.193. The normalized spacial score (nSPS) is 18.3. The van der Waals surface area contributed by atoms with Crippen molar-refractivity contribution in [2.75, 3.05) is 31.5 Å². The van der Waals surface area contributed by atoms with E-state index >= 15 is 0 Å². The number of hydrogen-bond donors (Lipinski definition) is 2. The third-order valence-corrected chi connectivity index (χ3v) is 3.97. The Balaban J connectivity index is 1.94. The summed E-state index contributed by atoms with van der Waals surface area (Å²) in [5, 5.41) is 6.97. The first kappa shape index (κ1) is 16.1. The lowest BCUT2D eigenvalue weighted by Gasteiger charge is -2.30. The van der Waals surface area contributed by atoms with E-state index in [1.165, 1.54) is 12.8 Å². The summed E-state index contributed by atoms with van der Waals surface area (Å²) in [5.74, 6) is 0.551. The second-order valence-corrected chi connectivity index (χ2v) is 6.04. The highest BCUT2D eigenvalue weighted by Crippen LogP contribution is 2.17. The van der Waals surface area contributed by atoms with Gasteiger partial charge in [0.1, 0.15) is 0 Å². The second kappa shape index (κ2) is 8.25. The predicted octanol–water partition coefficient (Wildman–Crippen LogP) is 3.58. The molecule has 2 rings (SSSR count). The fourth-order valence-corrected chi connectivity index (χ4v) is 2.90. The Morgan fingerprint density at radius 2 is 2.38 bits per heavy atom. The molecule has 2 N–H and O–H groups in total. The van der Waals surface area contributed by atoms with Crippen LogP contribution in [0.5, 0.6) is 0 Å². The van der Waals surface area contributed by atoms with E-state index in [2.05, 4.69) is 17.6 Å². The predicted molar refractivity (Wildman–Crippen MR) is 87.9 cm³/mol. The zero-order valence-electron chi connectivity index (χ0n) is 12.6. The summed E-state index contributed by atoms with van der Waals surface area (Å²) in [6.45, 7) is 5.79. The van der Waals surface area contributed by atoms with Gasteiger partial charge in [-0.1, -0.05) is 24.6 Å². The van der Waals surface area contributed by atoms with Crippen molar-refractivity contribution in [1.82, 2.24) is 10.2 Å². The third kappa shape index (κ3) is 5.21. The molecule has 2 amide bonds. The molecule has 1 aliphatic rings. The molecule has 1 aliphatic heterocycles. The molecule has 0 bridgehead atoms. The molecule has 0 radical (unpaired) electrons. The minimum Gasteiger partial charge on any atom is -0.324 e. The topological polar surface area (TPSA) is 44.4 Å². The van der Waals surface area contributed by atoms with Gasteiger partial charge in [-0.05, 0) is 56.5 Å². The van der Waals surface area contributed by atoms with Crippen molar-refractivity contribution < 1.29 is 4.79 Å². The number of anilines is 1. The van der Waals surface area contributed by atoms with Crippen LogP contribution in [0.4, 0.5) is 10.5 Å². The van der Waals surface area contributed by atoms with Gasteiger partial charge in [-0.25, -0.2) is 4.79 Å². The number of urea groups is 1. The molecule has 1 fully saturated rings. The minimum absolute atomic E-state index is 0.0373.